The zero-order valence-corrected chi connectivity index (χ0v) is 13.3. The molecule has 1 heterocycles. The Morgan fingerprint density at radius 2 is 2.17 bits per heavy atom. The van der Waals surface area contributed by atoms with Crippen molar-refractivity contribution < 1.29 is 14.3 Å². The molecule has 1 amide bonds. The van der Waals surface area contributed by atoms with Crippen LogP contribution in [0.4, 0.5) is 0 Å². The van der Waals surface area contributed by atoms with Crippen molar-refractivity contribution in [3.63, 3.8) is 0 Å². The van der Waals surface area contributed by atoms with Gasteiger partial charge in [-0.15, -0.1) is 5.10 Å². The smallest absolute Gasteiger partial charge is 0.328 e. The van der Waals surface area contributed by atoms with Gasteiger partial charge in [-0.2, -0.15) is 0 Å². The number of aromatic nitrogens is 4. The first-order valence-electron chi connectivity index (χ1n) is 7.29. The van der Waals surface area contributed by atoms with Crippen LogP contribution in [0.15, 0.2) is 30.6 Å². The van der Waals surface area contributed by atoms with E-state index in [-0.39, 0.29) is 11.8 Å². The highest BCUT2D eigenvalue weighted by molar-refractivity contribution is 5.97. The third-order valence-electron chi connectivity index (χ3n) is 3.68. The minimum absolute atomic E-state index is 0.0332. The summed E-state index contributed by atoms with van der Waals surface area (Å²) in [5.41, 5.74) is 1.07. The molecule has 0 aliphatic heterocycles. The molecule has 1 aromatic heterocycles. The van der Waals surface area contributed by atoms with E-state index < -0.39 is 12.0 Å². The highest BCUT2D eigenvalue weighted by atomic mass is 16.5. The summed E-state index contributed by atoms with van der Waals surface area (Å²) in [4.78, 5) is 24.3. The lowest BCUT2D eigenvalue weighted by molar-refractivity contribution is -0.144. The predicted octanol–water partition coefficient (Wildman–Crippen LogP) is 0.980. The van der Waals surface area contributed by atoms with E-state index in [0.717, 1.165) is 6.42 Å². The number of methoxy groups -OCH3 is 1. The number of tetrazole rings is 1. The summed E-state index contributed by atoms with van der Waals surface area (Å²) in [6, 6.07) is 6.13. The minimum atomic E-state index is -0.686. The number of hydrogen-bond acceptors (Lipinski definition) is 6. The van der Waals surface area contributed by atoms with Crippen molar-refractivity contribution in [1.82, 2.24) is 25.5 Å². The van der Waals surface area contributed by atoms with Crippen molar-refractivity contribution in [2.24, 2.45) is 5.92 Å². The monoisotopic (exact) mass is 317 g/mol. The van der Waals surface area contributed by atoms with Gasteiger partial charge in [0.05, 0.1) is 12.8 Å². The summed E-state index contributed by atoms with van der Waals surface area (Å²) in [5, 5.41) is 13.6. The van der Waals surface area contributed by atoms with Crippen LogP contribution < -0.4 is 5.32 Å². The number of benzene rings is 1. The van der Waals surface area contributed by atoms with Gasteiger partial charge in [0.1, 0.15) is 12.4 Å². The van der Waals surface area contributed by atoms with Crippen LogP contribution >= 0.6 is 0 Å². The predicted molar refractivity (Wildman–Crippen MR) is 81.9 cm³/mol. The lowest BCUT2D eigenvalue weighted by atomic mass is 9.99. The second kappa shape index (κ2) is 7.48. The van der Waals surface area contributed by atoms with Crippen LogP contribution in [0.1, 0.15) is 30.6 Å². The average molecular weight is 317 g/mol. The van der Waals surface area contributed by atoms with Gasteiger partial charge in [-0.3, -0.25) is 4.79 Å². The SMILES string of the molecule is CC[C@@H](C)[C@H](NC(=O)c1cccc(-n2cnnn2)c1)C(=O)OC. The molecule has 0 bridgehead atoms. The van der Waals surface area contributed by atoms with E-state index in [0.29, 0.717) is 11.3 Å². The normalized spacial score (nSPS) is 13.2. The lowest BCUT2D eigenvalue weighted by Crippen LogP contribution is -2.45. The van der Waals surface area contributed by atoms with E-state index in [4.69, 9.17) is 4.74 Å². The first kappa shape index (κ1) is 16.6. The fraction of sp³-hybridized carbons (Fsp3) is 0.400. The lowest BCUT2D eigenvalue weighted by Gasteiger charge is -2.21. The van der Waals surface area contributed by atoms with E-state index in [9.17, 15) is 9.59 Å². The number of ether oxygens (including phenoxy) is 1. The Morgan fingerprint density at radius 3 is 2.78 bits per heavy atom. The van der Waals surface area contributed by atoms with Crippen LogP contribution in [0, 0.1) is 5.92 Å². The molecule has 0 fully saturated rings. The molecular weight excluding hydrogens is 298 g/mol. The molecule has 8 heteroatoms. The summed E-state index contributed by atoms with van der Waals surface area (Å²) < 4.78 is 6.22. The second-order valence-corrected chi connectivity index (χ2v) is 5.16. The highest BCUT2D eigenvalue weighted by Gasteiger charge is 2.27. The number of carbonyl (C=O) groups excluding carboxylic acids is 2. The number of rotatable bonds is 6. The Hall–Kier alpha value is -2.77. The fourth-order valence-electron chi connectivity index (χ4n) is 2.09. The van der Waals surface area contributed by atoms with Gasteiger partial charge in [0.25, 0.3) is 5.91 Å². The Balaban J connectivity index is 2.19. The molecule has 2 aromatic rings. The van der Waals surface area contributed by atoms with E-state index in [1.54, 1.807) is 24.3 Å². The van der Waals surface area contributed by atoms with Crippen molar-refractivity contribution >= 4 is 11.9 Å². The molecule has 0 saturated carbocycles. The molecule has 0 saturated heterocycles. The Kier molecular flexibility index (Phi) is 5.40. The quantitative estimate of drug-likeness (QED) is 0.797. The molecule has 2 atom stereocenters. The van der Waals surface area contributed by atoms with Gasteiger partial charge in [-0.05, 0) is 34.5 Å². The maximum Gasteiger partial charge on any atom is 0.328 e. The maximum absolute atomic E-state index is 12.4. The molecular formula is C15H19N5O3. The van der Waals surface area contributed by atoms with Crippen molar-refractivity contribution in [2.45, 2.75) is 26.3 Å². The van der Waals surface area contributed by atoms with Gasteiger partial charge < -0.3 is 10.1 Å². The number of hydrogen-bond donors (Lipinski definition) is 1. The van der Waals surface area contributed by atoms with Gasteiger partial charge in [-0.25, -0.2) is 9.48 Å². The molecule has 23 heavy (non-hydrogen) atoms. The molecule has 122 valence electrons. The minimum Gasteiger partial charge on any atom is -0.467 e. The Bertz CT molecular complexity index is 672. The molecule has 0 radical (unpaired) electrons. The van der Waals surface area contributed by atoms with Crippen LogP contribution in [0.2, 0.25) is 0 Å². The summed E-state index contributed by atoms with van der Waals surface area (Å²) in [5.74, 6) is -0.839. The second-order valence-electron chi connectivity index (χ2n) is 5.16. The molecule has 0 spiro atoms. The number of carbonyl (C=O) groups is 2. The van der Waals surface area contributed by atoms with E-state index in [1.807, 2.05) is 13.8 Å². The molecule has 2 rings (SSSR count). The molecule has 0 unspecified atom stereocenters. The summed E-state index contributed by atoms with van der Waals surface area (Å²) in [7, 11) is 1.31. The van der Waals surface area contributed by atoms with Crippen LogP contribution in [-0.4, -0.2) is 45.2 Å². The topological polar surface area (TPSA) is 99.0 Å². The first-order valence-corrected chi connectivity index (χ1v) is 7.29. The fourth-order valence-corrected chi connectivity index (χ4v) is 2.09. The Labute approximate surface area is 133 Å². The Morgan fingerprint density at radius 1 is 1.39 bits per heavy atom. The van der Waals surface area contributed by atoms with E-state index in [2.05, 4.69) is 20.8 Å². The van der Waals surface area contributed by atoms with Gasteiger partial charge >= 0.3 is 5.97 Å². The largest absolute Gasteiger partial charge is 0.467 e. The number of nitrogens with zero attached hydrogens (tertiary/aromatic N) is 4. The summed E-state index contributed by atoms with van der Waals surface area (Å²) in [6.07, 6.45) is 2.18. The number of amides is 1. The van der Waals surface area contributed by atoms with Crippen molar-refractivity contribution in [3.8, 4) is 5.69 Å². The van der Waals surface area contributed by atoms with E-state index >= 15 is 0 Å². The highest BCUT2D eigenvalue weighted by Crippen LogP contribution is 2.12. The van der Waals surface area contributed by atoms with E-state index in [1.165, 1.54) is 18.1 Å². The summed E-state index contributed by atoms with van der Waals surface area (Å²) in [6.45, 7) is 3.84. The maximum atomic E-state index is 12.4. The van der Waals surface area contributed by atoms with Crippen LogP contribution in [0.3, 0.4) is 0 Å². The first-order chi connectivity index (χ1) is 11.1. The number of nitrogens with one attached hydrogen (secondary N) is 1. The van der Waals surface area contributed by atoms with Crippen molar-refractivity contribution in [2.75, 3.05) is 7.11 Å². The van der Waals surface area contributed by atoms with Crippen molar-refractivity contribution in [1.29, 1.82) is 0 Å². The third kappa shape index (κ3) is 3.91. The zero-order chi connectivity index (χ0) is 16.8. The van der Waals surface area contributed by atoms with Gasteiger partial charge in [-0.1, -0.05) is 26.3 Å². The van der Waals surface area contributed by atoms with Gasteiger partial charge in [0, 0.05) is 5.56 Å². The zero-order valence-electron chi connectivity index (χ0n) is 13.3. The van der Waals surface area contributed by atoms with Crippen LogP contribution in [0.25, 0.3) is 5.69 Å². The van der Waals surface area contributed by atoms with Crippen LogP contribution in [0.5, 0.6) is 0 Å². The van der Waals surface area contributed by atoms with Crippen molar-refractivity contribution in [3.05, 3.63) is 36.2 Å². The van der Waals surface area contributed by atoms with Gasteiger partial charge in [0.2, 0.25) is 0 Å². The molecule has 8 nitrogen and oxygen atoms in total. The average Bonchev–Trinajstić information content (AvgIpc) is 3.12. The molecule has 0 aliphatic carbocycles. The molecule has 1 aromatic carbocycles. The number of esters is 1. The third-order valence-corrected chi connectivity index (χ3v) is 3.68. The van der Waals surface area contributed by atoms with Crippen LogP contribution in [-0.2, 0) is 9.53 Å². The molecule has 1 N–H and O–H groups in total. The van der Waals surface area contributed by atoms with Gasteiger partial charge in [0.15, 0.2) is 0 Å². The summed E-state index contributed by atoms with van der Waals surface area (Å²) >= 11 is 0. The standard InChI is InChI=1S/C15H19N5O3/c1-4-10(2)13(15(22)23-3)17-14(21)11-6-5-7-12(8-11)20-9-16-18-19-20/h5-10,13H,4H2,1-3H3,(H,17,21)/t10-,13+/m1/s1. The molecule has 0 aliphatic rings.